The van der Waals surface area contributed by atoms with E-state index in [0.717, 1.165) is 24.4 Å². The van der Waals surface area contributed by atoms with Gasteiger partial charge in [-0.1, -0.05) is 0 Å². The highest BCUT2D eigenvalue weighted by atomic mass is 79.9. The number of nitrogens with zero attached hydrogens (tertiary/aromatic N) is 1. The normalized spacial score (nSPS) is 11.3. The van der Waals surface area contributed by atoms with Gasteiger partial charge in [-0.3, -0.25) is 0 Å². The minimum Gasteiger partial charge on any atom is -0.436 e. The van der Waals surface area contributed by atoms with Crippen molar-refractivity contribution in [2.24, 2.45) is 0 Å². The number of hydrogen-bond acceptors (Lipinski definition) is 3. The molecule has 0 spiro atoms. The zero-order valence-corrected chi connectivity index (χ0v) is 11.5. The topological polar surface area (TPSA) is 31.4 Å². The fraction of sp³-hybridized carbons (Fsp3) is 0.0833. The van der Waals surface area contributed by atoms with Crippen molar-refractivity contribution in [2.45, 2.75) is 6.36 Å². The summed E-state index contributed by atoms with van der Waals surface area (Å²) in [4.78, 5) is 3.39. The van der Waals surface area contributed by atoms with Gasteiger partial charge in [0.25, 0.3) is 5.88 Å². The third-order valence-electron chi connectivity index (χ3n) is 2.12. The zero-order chi connectivity index (χ0) is 15.6. The molecule has 0 aliphatic rings. The van der Waals surface area contributed by atoms with E-state index in [9.17, 15) is 22.0 Å². The molecular weight excluding hydrogens is 365 g/mol. The highest BCUT2D eigenvalue weighted by Gasteiger charge is 2.32. The van der Waals surface area contributed by atoms with E-state index < -0.39 is 29.6 Å². The van der Waals surface area contributed by atoms with Crippen LogP contribution in [0.25, 0.3) is 0 Å². The first-order valence-corrected chi connectivity index (χ1v) is 6.08. The number of pyridine rings is 1. The van der Waals surface area contributed by atoms with Gasteiger partial charge in [-0.25, -0.2) is 13.8 Å². The number of hydrogen-bond donors (Lipinski definition) is 0. The molecule has 0 amide bonds. The molecule has 112 valence electrons. The molecule has 2 aromatic rings. The number of rotatable bonds is 3. The van der Waals surface area contributed by atoms with Gasteiger partial charge in [0, 0.05) is 6.07 Å². The van der Waals surface area contributed by atoms with E-state index in [4.69, 9.17) is 4.74 Å². The Bertz CT molecular complexity index is 663. The van der Waals surface area contributed by atoms with Crippen LogP contribution in [0.3, 0.4) is 0 Å². The number of alkyl halides is 3. The maximum absolute atomic E-state index is 13.3. The number of benzene rings is 1. The Balaban J connectivity index is 2.20. The molecule has 0 aliphatic heterocycles. The molecule has 2 rings (SSSR count). The Morgan fingerprint density at radius 3 is 2.38 bits per heavy atom. The van der Waals surface area contributed by atoms with Crippen LogP contribution in [0, 0.1) is 11.6 Å². The summed E-state index contributed by atoms with van der Waals surface area (Å²) in [6, 6.07) is 3.80. The second-order valence-electron chi connectivity index (χ2n) is 3.68. The molecule has 3 nitrogen and oxygen atoms in total. The highest BCUT2D eigenvalue weighted by Crippen LogP contribution is 2.34. The lowest BCUT2D eigenvalue weighted by molar-refractivity contribution is -0.274. The largest absolute Gasteiger partial charge is 0.573 e. The highest BCUT2D eigenvalue weighted by molar-refractivity contribution is 9.10. The van der Waals surface area contributed by atoms with Gasteiger partial charge in [0.1, 0.15) is 17.3 Å². The van der Waals surface area contributed by atoms with Crippen LogP contribution in [0.2, 0.25) is 0 Å². The molecule has 1 heterocycles. The van der Waals surface area contributed by atoms with E-state index in [1.54, 1.807) is 0 Å². The standard InChI is InChI=1S/C12H5BrF5NO2/c13-8-4-7(1-2-10(8)21-12(16,17)18)20-11-9(15)3-6(14)5-19-11/h1-5H. The fourth-order valence-electron chi connectivity index (χ4n) is 1.34. The van der Waals surface area contributed by atoms with E-state index >= 15 is 0 Å². The summed E-state index contributed by atoms with van der Waals surface area (Å²) in [6.45, 7) is 0. The molecule has 1 aromatic heterocycles. The molecule has 0 radical (unpaired) electrons. The van der Waals surface area contributed by atoms with Crippen molar-refractivity contribution >= 4 is 15.9 Å². The smallest absolute Gasteiger partial charge is 0.436 e. The molecule has 9 heteroatoms. The number of halogens is 6. The first kappa shape index (κ1) is 15.5. The molecule has 0 unspecified atom stereocenters. The van der Waals surface area contributed by atoms with E-state index in [1.165, 1.54) is 0 Å². The molecule has 0 N–H and O–H groups in total. The van der Waals surface area contributed by atoms with E-state index in [0.29, 0.717) is 6.07 Å². The first-order chi connectivity index (χ1) is 9.74. The van der Waals surface area contributed by atoms with Crippen LogP contribution in [-0.2, 0) is 0 Å². The van der Waals surface area contributed by atoms with Gasteiger partial charge in [-0.15, -0.1) is 13.2 Å². The van der Waals surface area contributed by atoms with Gasteiger partial charge >= 0.3 is 6.36 Å². The van der Waals surface area contributed by atoms with Gasteiger partial charge in [0.2, 0.25) is 0 Å². The summed E-state index contributed by atoms with van der Waals surface area (Å²) in [7, 11) is 0. The Labute approximate surface area is 123 Å². The minimum absolute atomic E-state index is 0.00518. The lowest BCUT2D eigenvalue weighted by Crippen LogP contribution is -2.17. The van der Waals surface area contributed by atoms with Crippen molar-refractivity contribution in [3.63, 3.8) is 0 Å². The van der Waals surface area contributed by atoms with Gasteiger partial charge in [-0.2, -0.15) is 0 Å². The van der Waals surface area contributed by atoms with Crippen molar-refractivity contribution in [1.29, 1.82) is 0 Å². The Morgan fingerprint density at radius 1 is 1.10 bits per heavy atom. The lowest BCUT2D eigenvalue weighted by atomic mass is 10.3. The number of aromatic nitrogens is 1. The van der Waals surface area contributed by atoms with Crippen molar-refractivity contribution in [3.05, 3.63) is 46.6 Å². The molecule has 21 heavy (non-hydrogen) atoms. The van der Waals surface area contributed by atoms with Crippen LogP contribution in [-0.4, -0.2) is 11.3 Å². The van der Waals surface area contributed by atoms with Gasteiger partial charge in [-0.05, 0) is 34.1 Å². The average Bonchev–Trinajstić information content (AvgIpc) is 2.35. The van der Waals surface area contributed by atoms with Crippen LogP contribution in [0.5, 0.6) is 17.4 Å². The van der Waals surface area contributed by atoms with Crippen LogP contribution in [0.1, 0.15) is 0 Å². The second-order valence-corrected chi connectivity index (χ2v) is 4.54. The summed E-state index contributed by atoms with van der Waals surface area (Å²) in [5.41, 5.74) is 0. The van der Waals surface area contributed by atoms with E-state index in [2.05, 4.69) is 25.7 Å². The van der Waals surface area contributed by atoms with E-state index in [-0.39, 0.29) is 10.2 Å². The zero-order valence-electron chi connectivity index (χ0n) is 9.92. The fourth-order valence-corrected chi connectivity index (χ4v) is 1.78. The maximum Gasteiger partial charge on any atom is 0.573 e. The quantitative estimate of drug-likeness (QED) is 0.727. The molecular formula is C12H5BrF5NO2. The Morgan fingerprint density at radius 2 is 1.81 bits per heavy atom. The number of ether oxygens (including phenoxy) is 2. The Kier molecular flexibility index (Phi) is 4.31. The monoisotopic (exact) mass is 369 g/mol. The molecule has 0 bridgehead atoms. The predicted molar refractivity (Wildman–Crippen MR) is 65.1 cm³/mol. The average molecular weight is 370 g/mol. The first-order valence-electron chi connectivity index (χ1n) is 5.29. The summed E-state index contributed by atoms with van der Waals surface area (Å²) < 4.78 is 71.0. The molecule has 0 saturated heterocycles. The third kappa shape index (κ3) is 4.28. The molecule has 1 aromatic carbocycles. The van der Waals surface area contributed by atoms with Crippen molar-refractivity contribution in [2.75, 3.05) is 0 Å². The summed E-state index contributed by atoms with van der Waals surface area (Å²) >= 11 is 2.86. The van der Waals surface area contributed by atoms with Crippen LogP contribution < -0.4 is 9.47 Å². The minimum atomic E-state index is -4.84. The summed E-state index contributed by atoms with van der Waals surface area (Å²) in [6.07, 6.45) is -4.09. The SMILES string of the molecule is Fc1cnc(Oc2ccc(OC(F)(F)F)c(Br)c2)c(F)c1. The second kappa shape index (κ2) is 5.84. The molecule has 0 atom stereocenters. The van der Waals surface area contributed by atoms with Crippen LogP contribution >= 0.6 is 15.9 Å². The van der Waals surface area contributed by atoms with Crippen molar-refractivity contribution < 1.29 is 31.4 Å². The van der Waals surface area contributed by atoms with Crippen molar-refractivity contribution in [3.8, 4) is 17.4 Å². The van der Waals surface area contributed by atoms with Crippen LogP contribution in [0.15, 0.2) is 34.9 Å². The van der Waals surface area contributed by atoms with E-state index in [1.807, 2.05) is 0 Å². The molecule has 0 fully saturated rings. The van der Waals surface area contributed by atoms with Crippen molar-refractivity contribution in [1.82, 2.24) is 4.98 Å². The lowest BCUT2D eigenvalue weighted by Gasteiger charge is -2.12. The van der Waals surface area contributed by atoms with Gasteiger partial charge in [0.05, 0.1) is 10.7 Å². The van der Waals surface area contributed by atoms with Gasteiger partial charge in [0.15, 0.2) is 5.82 Å². The van der Waals surface area contributed by atoms with Gasteiger partial charge < -0.3 is 9.47 Å². The maximum atomic E-state index is 13.3. The van der Waals surface area contributed by atoms with Crippen LogP contribution in [0.4, 0.5) is 22.0 Å². The molecule has 0 saturated carbocycles. The summed E-state index contributed by atoms with van der Waals surface area (Å²) in [5, 5.41) is 0. The third-order valence-corrected chi connectivity index (χ3v) is 2.74. The summed E-state index contributed by atoms with van der Waals surface area (Å²) in [5.74, 6) is -2.92. The predicted octanol–water partition coefficient (Wildman–Crippen LogP) is 4.81. The molecule has 0 aliphatic carbocycles. The Hall–Kier alpha value is -1.90.